The summed E-state index contributed by atoms with van der Waals surface area (Å²) in [6, 6.07) is 4.95. The lowest BCUT2D eigenvalue weighted by Gasteiger charge is -2.06. The van der Waals surface area contributed by atoms with Crippen LogP contribution in [0.1, 0.15) is 15.9 Å². The zero-order valence-electron chi connectivity index (χ0n) is 10.2. The smallest absolute Gasteiger partial charge is 0.337 e. The molecular weight excluding hydrogens is 234 g/mol. The minimum absolute atomic E-state index is 0.238. The number of benzene rings is 1. The van der Waals surface area contributed by atoms with Crippen molar-refractivity contribution in [2.45, 2.75) is 0 Å². The van der Waals surface area contributed by atoms with Gasteiger partial charge in [-0.05, 0) is 23.7 Å². The number of hydrogen-bond donors (Lipinski definition) is 0. The molecule has 0 heterocycles. The van der Waals surface area contributed by atoms with E-state index < -0.39 is 5.97 Å². The maximum absolute atomic E-state index is 11.4. The van der Waals surface area contributed by atoms with E-state index in [0.29, 0.717) is 16.9 Å². The fourth-order valence-corrected chi connectivity index (χ4v) is 1.37. The third kappa shape index (κ3) is 3.54. The predicted octanol–water partition coefficient (Wildman–Crippen LogP) is 2.81. The van der Waals surface area contributed by atoms with Crippen molar-refractivity contribution in [3.8, 4) is 5.75 Å². The van der Waals surface area contributed by atoms with Gasteiger partial charge in [-0.15, -0.1) is 0 Å². The minimum atomic E-state index is -0.414. The van der Waals surface area contributed by atoms with Crippen LogP contribution in [0.4, 0.5) is 0 Å². The lowest BCUT2D eigenvalue weighted by atomic mass is 10.1. The number of carbonyl (C=O) groups is 1. The number of nitrogens with zero attached hydrogens (tertiary/aromatic N) is 3. The number of hydrogen-bond acceptors (Lipinski definition) is 4. The van der Waals surface area contributed by atoms with Gasteiger partial charge in [-0.25, -0.2) is 4.79 Å². The summed E-state index contributed by atoms with van der Waals surface area (Å²) < 4.78 is 9.80. The monoisotopic (exact) mass is 247 g/mol. The maximum atomic E-state index is 11.4. The summed E-state index contributed by atoms with van der Waals surface area (Å²) in [5.41, 5.74) is 9.30. The highest BCUT2D eigenvalue weighted by Gasteiger charge is 2.08. The zero-order valence-corrected chi connectivity index (χ0v) is 10.2. The van der Waals surface area contributed by atoms with E-state index in [1.54, 1.807) is 30.4 Å². The molecule has 0 aromatic heterocycles. The van der Waals surface area contributed by atoms with E-state index >= 15 is 0 Å². The van der Waals surface area contributed by atoms with Crippen LogP contribution < -0.4 is 4.74 Å². The van der Waals surface area contributed by atoms with Crippen LogP contribution in [0.25, 0.3) is 16.5 Å². The molecule has 6 nitrogen and oxygen atoms in total. The summed E-state index contributed by atoms with van der Waals surface area (Å²) in [7, 11) is 2.86. The molecule has 0 fully saturated rings. The lowest BCUT2D eigenvalue weighted by molar-refractivity contribution is 0.0600. The van der Waals surface area contributed by atoms with Gasteiger partial charge in [0, 0.05) is 17.0 Å². The Morgan fingerprint density at radius 3 is 2.89 bits per heavy atom. The van der Waals surface area contributed by atoms with Crippen molar-refractivity contribution in [2.24, 2.45) is 5.11 Å². The van der Waals surface area contributed by atoms with Crippen molar-refractivity contribution < 1.29 is 14.3 Å². The Morgan fingerprint density at radius 1 is 1.50 bits per heavy atom. The van der Waals surface area contributed by atoms with Gasteiger partial charge in [-0.2, -0.15) is 0 Å². The molecule has 0 unspecified atom stereocenters. The molecule has 6 heteroatoms. The molecule has 0 bridgehead atoms. The van der Waals surface area contributed by atoms with E-state index in [9.17, 15) is 4.79 Å². The van der Waals surface area contributed by atoms with Gasteiger partial charge in [0.25, 0.3) is 0 Å². The molecule has 0 amide bonds. The molecule has 0 N–H and O–H groups in total. The number of carbonyl (C=O) groups excluding carboxylic acids is 1. The Labute approximate surface area is 104 Å². The third-order valence-corrected chi connectivity index (χ3v) is 2.20. The first kappa shape index (κ1) is 13.6. The van der Waals surface area contributed by atoms with E-state index in [0.717, 1.165) is 0 Å². The highest BCUT2D eigenvalue weighted by atomic mass is 16.5. The average molecular weight is 247 g/mol. The Bertz CT molecular complexity index is 505. The van der Waals surface area contributed by atoms with Gasteiger partial charge in [-0.3, -0.25) is 0 Å². The second-order valence-electron chi connectivity index (χ2n) is 3.26. The van der Waals surface area contributed by atoms with Gasteiger partial charge in [0.1, 0.15) is 5.75 Å². The van der Waals surface area contributed by atoms with E-state index in [1.165, 1.54) is 14.2 Å². The Morgan fingerprint density at radius 2 is 2.28 bits per heavy atom. The number of methoxy groups -OCH3 is 2. The van der Waals surface area contributed by atoms with Crippen molar-refractivity contribution in [3.63, 3.8) is 0 Å². The topological polar surface area (TPSA) is 84.3 Å². The summed E-state index contributed by atoms with van der Waals surface area (Å²) in [6.45, 7) is 0.238. The summed E-state index contributed by atoms with van der Waals surface area (Å²) >= 11 is 0. The summed E-state index contributed by atoms with van der Waals surface area (Å²) in [5, 5.41) is 3.38. The molecule has 1 rings (SSSR count). The largest absolute Gasteiger partial charge is 0.496 e. The zero-order chi connectivity index (χ0) is 13.4. The predicted molar refractivity (Wildman–Crippen MR) is 67.4 cm³/mol. The van der Waals surface area contributed by atoms with Crippen LogP contribution in [-0.2, 0) is 4.74 Å². The molecule has 18 heavy (non-hydrogen) atoms. The first-order valence-electron chi connectivity index (χ1n) is 5.16. The highest BCUT2D eigenvalue weighted by Crippen LogP contribution is 2.21. The molecule has 0 radical (unpaired) electrons. The standard InChI is InChI=1S/C12H13N3O3/c1-17-11-6-5-10(12(16)18-2)8-9(11)4-3-7-14-15-13/h3-6,8H,7H2,1-2H3. The molecule has 94 valence electrons. The average Bonchev–Trinajstić information content (AvgIpc) is 2.42. The van der Waals surface area contributed by atoms with Crippen molar-refractivity contribution in [1.29, 1.82) is 0 Å². The van der Waals surface area contributed by atoms with Crippen LogP contribution in [-0.4, -0.2) is 26.7 Å². The molecule has 0 aliphatic heterocycles. The highest BCUT2D eigenvalue weighted by molar-refractivity contribution is 5.90. The molecular formula is C12H13N3O3. The van der Waals surface area contributed by atoms with Crippen molar-refractivity contribution in [3.05, 3.63) is 45.8 Å². The van der Waals surface area contributed by atoms with Crippen LogP contribution >= 0.6 is 0 Å². The third-order valence-electron chi connectivity index (χ3n) is 2.20. The van der Waals surface area contributed by atoms with E-state index in [4.69, 9.17) is 10.3 Å². The van der Waals surface area contributed by atoms with E-state index in [1.807, 2.05) is 0 Å². The molecule has 0 aliphatic carbocycles. The first-order chi connectivity index (χ1) is 8.72. The summed E-state index contributed by atoms with van der Waals surface area (Å²) in [6.07, 6.45) is 3.40. The van der Waals surface area contributed by atoms with Crippen LogP contribution in [0.3, 0.4) is 0 Å². The van der Waals surface area contributed by atoms with Gasteiger partial charge in [0.2, 0.25) is 0 Å². The van der Waals surface area contributed by atoms with E-state index in [-0.39, 0.29) is 6.54 Å². The van der Waals surface area contributed by atoms with E-state index in [2.05, 4.69) is 14.8 Å². The van der Waals surface area contributed by atoms with Crippen molar-refractivity contribution in [1.82, 2.24) is 0 Å². The SMILES string of the molecule is COC(=O)c1ccc(OC)c(C=CCN=[N+]=[N-])c1. The number of ether oxygens (including phenoxy) is 2. The van der Waals surface area contributed by atoms with Crippen LogP contribution in [0, 0.1) is 0 Å². The van der Waals surface area contributed by atoms with Gasteiger partial charge < -0.3 is 9.47 Å². The molecule has 1 aromatic carbocycles. The second-order valence-corrected chi connectivity index (χ2v) is 3.26. The minimum Gasteiger partial charge on any atom is -0.496 e. The van der Waals surface area contributed by atoms with Crippen LogP contribution in [0.5, 0.6) is 5.75 Å². The van der Waals surface area contributed by atoms with Crippen LogP contribution in [0.2, 0.25) is 0 Å². The molecule has 0 saturated carbocycles. The normalized spacial score (nSPS) is 9.89. The maximum Gasteiger partial charge on any atom is 0.337 e. The lowest BCUT2D eigenvalue weighted by Crippen LogP contribution is -2.01. The molecule has 1 aromatic rings. The number of rotatable bonds is 5. The number of azide groups is 1. The van der Waals surface area contributed by atoms with Gasteiger partial charge >= 0.3 is 5.97 Å². The molecule has 0 aliphatic rings. The molecule has 0 spiro atoms. The molecule has 0 saturated heterocycles. The Kier molecular flexibility index (Phi) is 5.28. The second kappa shape index (κ2) is 6.98. The Balaban J connectivity index is 3.02. The van der Waals surface area contributed by atoms with Gasteiger partial charge in [-0.1, -0.05) is 17.3 Å². The quantitative estimate of drug-likeness (QED) is 0.347. The van der Waals surface area contributed by atoms with Gasteiger partial charge in [0.05, 0.1) is 19.8 Å². The number of esters is 1. The summed E-state index contributed by atoms with van der Waals surface area (Å²) in [5.74, 6) is 0.210. The fraction of sp³-hybridized carbons (Fsp3) is 0.250. The fourth-order valence-electron chi connectivity index (χ4n) is 1.37. The van der Waals surface area contributed by atoms with Crippen LogP contribution in [0.15, 0.2) is 29.4 Å². The van der Waals surface area contributed by atoms with Crippen molar-refractivity contribution >= 4 is 12.0 Å². The first-order valence-corrected chi connectivity index (χ1v) is 5.16. The molecule has 0 atom stereocenters. The summed E-state index contributed by atoms with van der Waals surface area (Å²) in [4.78, 5) is 14.0. The van der Waals surface area contributed by atoms with Crippen molar-refractivity contribution in [2.75, 3.05) is 20.8 Å². The van der Waals surface area contributed by atoms with Gasteiger partial charge in [0.15, 0.2) is 0 Å². The Hall–Kier alpha value is -2.46.